The van der Waals surface area contributed by atoms with Crippen LogP contribution in [-0.2, 0) is 0 Å². The van der Waals surface area contributed by atoms with Crippen LogP contribution in [0.2, 0.25) is 0 Å². The van der Waals surface area contributed by atoms with E-state index in [1.54, 1.807) is 7.11 Å². The number of halogens is 1. The molecule has 0 amide bonds. The first kappa shape index (κ1) is 14.5. The summed E-state index contributed by atoms with van der Waals surface area (Å²) in [4.78, 5) is 0. The summed E-state index contributed by atoms with van der Waals surface area (Å²) in [6.45, 7) is 4.34. The van der Waals surface area contributed by atoms with Crippen LogP contribution in [-0.4, -0.2) is 12.2 Å². The van der Waals surface area contributed by atoms with Crippen molar-refractivity contribution in [2.24, 2.45) is 5.92 Å². The molecule has 0 aromatic heterocycles. The van der Waals surface area contributed by atoms with Crippen molar-refractivity contribution in [2.45, 2.75) is 39.2 Å². The minimum Gasteiger partial charge on any atom is -0.496 e. The molecular weight excluding hydrogens is 280 g/mol. The molecule has 17 heavy (non-hydrogen) atoms. The number of hydrogen-bond donors (Lipinski definition) is 1. The van der Waals surface area contributed by atoms with E-state index in [0.717, 1.165) is 35.0 Å². The number of methoxy groups -OCH3 is 1. The smallest absolute Gasteiger partial charge is 0.133 e. The SMILES string of the molecule is CCC(CC)CC(O)c1ccc(OC)c(Br)c1. The van der Waals surface area contributed by atoms with Crippen LogP contribution in [0.15, 0.2) is 22.7 Å². The van der Waals surface area contributed by atoms with Crippen molar-refractivity contribution in [1.29, 1.82) is 0 Å². The van der Waals surface area contributed by atoms with Gasteiger partial charge in [-0.05, 0) is 46.0 Å². The normalized spacial score (nSPS) is 12.8. The Hall–Kier alpha value is -0.540. The van der Waals surface area contributed by atoms with Gasteiger partial charge >= 0.3 is 0 Å². The summed E-state index contributed by atoms with van der Waals surface area (Å²) in [6.07, 6.45) is 2.67. The molecular formula is C14H21BrO2. The average molecular weight is 301 g/mol. The zero-order valence-electron chi connectivity index (χ0n) is 10.7. The van der Waals surface area contributed by atoms with Gasteiger partial charge in [-0.2, -0.15) is 0 Å². The lowest BCUT2D eigenvalue weighted by Crippen LogP contribution is -2.06. The predicted octanol–water partition coefficient (Wildman–Crippen LogP) is 4.32. The van der Waals surface area contributed by atoms with Crippen molar-refractivity contribution >= 4 is 15.9 Å². The number of rotatable bonds is 6. The Morgan fingerprint density at radius 1 is 1.29 bits per heavy atom. The zero-order valence-corrected chi connectivity index (χ0v) is 12.3. The van der Waals surface area contributed by atoms with Crippen LogP contribution in [0, 0.1) is 5.92 Å². The molecule has 3 heteroatoms. The second kappa shape index (κ2) is 7.02. The van der Waals surface area contributed by atoms with Crippen molar-refractivity contribution in [1.82, 2.24) is 0 Å². The quantitative estimate of drug-likeness (QED) is 0.848. The van der Waals surface area contributed by atoms with Gasteiger partial charge in [0.05, 0.1) is 17.7 Å². The van der Waals surface area contributed by atoms with Gasteiger partial charge in [0.1, 0.15) is 5.75 Å². The molecule has 0 aliphatic carbocycles. The van der Waals surface area contributed by atoms with Crippen molar-refractivity contribution in [3.05, 3.63) is 28.2 Å². The molecule has 2 nitrogen and oxygen atoms in total. The van der Waals surface area contributed by atoms with E-state index < -0.39 is 0 Å². The summed E-state index contributed by atoms with van der Waals surface area (Å²) >= 11 is 3.44. The second-order valence-electron chi connectivity index (χ2n) is 4.33. The standard InChI is InChI=1S/C14H21BrO2/c1-4-10(5-2)8-13(16)11-6-7-14(17-3)12(15)9-11/h6-7,9-10,13,16H,4-5,8H2,1-3H3. The van der Waals surface area contributed by atoms with Crippen LogP contribution in [0.5, 0.6) is 5.75 Å². The van der Waals surface area contributed by atoms with E-state index in [4.69, 9.17) is 4.74 Å². The molecule has 1 unspecified atom stereocenters. The highest BCUT2D eigenvalue weighted by Gasteiger charge is 2.14. The first-order valence-electron chi connectivity index (χ1n) is 6.13. The van der Waals surface area contributed by atoms with E-state index in [2.05, 4.69) is 29.8 Å². The third kappa shape index (κ3) is 4.00. The Morgan fingerprint density at radius 3 is 2.41 bits per heavy atom. The molecule has 0 heterocycles. The number of benzene rings is 1. The Morgan fingerprint density at radius 2 is 1.94 bits per heavy atom. The lowest BCUT2D eigenvalue weighted by Gasteiger charge is -2.18. The molecule has 96 valence electrons. The van der Waals surface area contributed by atoms with Gasteiger partial charge in [0, 0.05) is 0 Å². The molecule has 0 bridgehead atoms. The number of ether oxygens (including phenoxy) is 1. The van der Waals surface area contributed by atoms with E-state index in [-0.39, 0.29) is 6.10 Å². The molecule has 0 aliphatic heterocycles. The molecule has 0 aliphatic rings. The summed E-state index contributed by atoms with van der Waals surface area (Å²) in [6, 6.07) is 5.75. The van der Waals surface area contributed by atoms with Crippen LogP contribution < -0.4 is 4.74 Å². The lowest BCUT2D eigenvalue weighted by atomic mass is 9.93. The van der Waals surface area contributed by atoms with Gasteiger partial charge in [-0.1, -0.05) is 32.8 Å². The molecule has 1 rings (SSSR count). The highest BCUT2D eigenvalue weighted by Crippen LogP contribution is 2.31. The van der Waals surface area contributed by atoms with E-state index in [1.807, 2.05) is 18.2 Å². The second-order valence-corrected chi connectivity index (χ2v) is 5.18. The Bertz CT molecular complexity index is 348. The van der Waals surface area contributed by atoms with Crippen molar-refractivity contribution in [3.8, 4) is 5.75 Å². The first-order chi connectivity index (χ1) is 8.12. The molecule has 1 atom stereocenters. The van der Waals surface area contributed by atoms with Crippen molar-refractivity contribution < 1.29 is 9.84 Å². The van der Waals surface area contributed by atoms with Gasteiger partial charge in [-0.25, -0.2) is 0 Å². The summed E-state index contributed by atoms with van der Waals surface area (Å²) in [5.41, 5.74) is 0.949. The van der Waals surface area contributed by atoms with Crippen LogP contribution >= 0.6 is 15.9 Å². The van der Waals surface area contributed by atoms with E-state index in [0.29, 0.717) is 5.92 Å². The summed E-state index contributed by atoms with van der Waals surface area (Å²) in [5, 5.41) is 10.2. The maximum absolute atomic E-state index is 10.2. The fourth-order valence-electron chi connectivity index (χ4n) is 1.96. The van der Waals surface area contributed by atoms with Gasteiger partial charge in [-0.15, -0.1) is 0 Å². The fraction of sp³-hybridized carbons (Fsp3) is 0.571. The largest absolute Gasteiger partial charge is 0.496 e. The van der Waals surface area contributed by atoms with Gasteiger partial charge in [-0.3, -0.25) is 0 Å². The summed E-state index contributed by atoms with van der Waals surface area (Å²) in [5.74, 6) is 1.38. The first-order valence-corrected chi connectivity index (χ1v) is 6.93. The number of hydrogen-bond acceptors (Lipinski definition) is 2. The van der Waals surface area contributed by atoms with Gasteiger partial charge in [0.15, 0.2) is 0 Å². The molecule has 0 spiro atoms. The van der Waals surface area contributed by atoms with Crippen LogP contribution in [0.3, 0.4) is 0 Å². The Balaban J connectivity index is 2.75. The molecule has 1 aromatic rings. The maximum atomic E-state index is 10.2. The van der Waals surface area contributed by atoms with Crippen molar-refractivity contribution in [3.63, 3.8) is 0 Å². The van der Waals surface area contributed by atoms with E-state index in [1.165, 1.54) is 0 Å². The van der Waals surface area contributed by atoms with Gasteiger partial charge in [0.2, 0.25) is 0 Å². The maximum Gasteiger partial charge on any atom is 0.133 e. The van der Waals surface area contributed by atoms with Gasteiger partial charge in [0.25, 0.3) is 0 Å². The zero-order chi connectivity index (χ0) is 12.8. The molecule has 0 radical (unpaired) electrons. The number of aliphatic hydroxyl groups excluding tert-OH is 1. The predicted molar refractivity (Wildman–Crippen MR) is 74.3 cm³/mol. The third-order valence-electron chi connectivity index (χ3n) is 3.27. The molecule has 0 saturated heterocycles. The molecule has 1 aromatic carbocycles. The van der Waals surface area contributed by atoms with Crippen LogP contribution in [0.4, 0.5) is 0 Å². The Kier molecular flexibility index (Phi) is 6.00. The van der Waals surface area contributed by atoms with Crippen LogP contribution in [0.25, 0.3) is 0 Å². The fourth-order valence-corrected chi connectivity index (χ4v) is 2.52. The highest BCUT2D eigenvalue weighted by molar-refractivity contribution is 9.10. The highest BCUT2D eigenvalue weighted by atomic mass is 79.9. The minimum absolute atomic E-state index is 0.387. The van der Waals surface area contributed by atoms with Crippen LogP contribution in [0.1, 0.15) is 44.8 Å². The van der Waals surface area contributed by atoms with Crippen molar-refractivity contribution in [2.75, 3.05) is 7.11 Å². The Labute approximate surface area is 112 Å². The minimum atomic E-state index is -0.387. The monoisotopic (exact) mass is 300 g/mol. The average Bonchev–Trinajstić information content (AvgIpc) is 2.35. The number of aliphatic hydroxyl groups is 1. The topological polar surface area (TPSA) is 29.5 Å². The summed E-state index contributed by atoms with van der Waals surface area (Å²) in [7, 11) is 1.64. The lowest BCUT2D eigenvalue weighted by molar-refractivity contribution is 0.141. The molecule has 0 fully saturated rings. The summed E-state index contributed by atoms with van der Waals surface area (Å²) < 4.78 is 6.06. The van der Waals surface area contributed by atoms with E-state index in [9.17, 15) is 5.11 Å². The molecule has 1 N–H and O–H groups in total. The van der Waals surface area contributed by atoms with E-state index >= 15 is 0 Å². The molecule has 0 saturated carbocycles. The van der Waals surface area contributed by atoms with Gasteiger partial charge < -0.3 is 9.84 Å². The third-order valence-corrected chi connectivity index (χ3v) is 3.89.